The van der Waals surface area contributed by atoms with Crippen molar-refractivity contribution in [1.82, 2.24) is 5.32 Å². The van der Waals surface area contributed by atoms with Crippen LogP contribution < -0.4 is 10.6 Å². The molecule has 0 fully saturated rings. The Morgan fingerprint density at radius 2 is 2.09 bits per heavy atom. The highest BCUT2D eigenvalue weighted by Gasteiger charge is 2.09. The second-order valence-corrected chi connectivity index (χ2v) is 5.83. The fourth-order valence-corrected chi connectivity index (χ4v) is 2.47. The summed E-state index contributed by atoms with van der Waals surface area (Å²) in [5.41, 5.74) is 0.564. The van der Waals surface area contributed by atoms with Gasteiger partial charge in [0.15, 0.2) is 5.76 Å². The molecule has 2 rings (SSSR count). The van der Waals surface area contributed by atoms with Crippen LogP contribution in [0.25, 0.3) is 0 Å². The molecule has 116 valence electrons. The minimum atomic E-state index is -0.290. The number of hydrogen-bond acceptors (Lipinski definition) is 3. The summed E-state index contributed by atoms with van der Waals surface area (Å²) in [4.78, 5) is 23.4. The van der Waals surface area contributed by atoms with Crippen LogP contribution in [-0.2, 0) is 4.79 Å². The van der Waals surface area contributed by atoms with Gasteiger partial charge in [-0.1, -0.05) is 27.5 Å². The van der Waals surface area contributed by atoms with Gasteiger partial charge >= 0.3 is 0 Å². The smallest absolute Gasteiger partial charge is 0.286 e. The summed E-state index contributed by atoms with van der Waals surface area (Å²) in [6, 6.07) is 8.46. The molecule has 0 bridgehead atoms. The lowest BCUT2D eigenvalue weighted by atomic mass is 10.2. The van der Waals surface area contributed by atoms with Gasteiger partial charge in [0, 0.05) is 17.4 Å². The number of carbonyl (C=O) groups excluding carboxylic acids is 2. The van der Waals surface area contributed by atoms with Crippen LogP contribution in [0.1, 0.15) is 23.4 Å². The average molecular weight is 386 g/mol. The molecule has 0 unspecified atom stereocenters. The van der Waals surface area contributed by atoms with Crippen molar-refractivity contribution in [2.75, 3.05) is 11.9 Å². The lowest BCUT2D eigenvalue weighted by Crippen LogP contribution is -2.25. The van der Waals surface area contributed by atoms with E-state index in [9.17, 15) is 9.59 Å². The van der Waals surface area contributed by atoms with Crippen molar-refractivity contribution in [3.8, 4) is 0 Å². The molecule has 2 N–H and O–H groups in total. The highest BCUT2D eigenvalue weighted by atomic mass is 79.9. The highest BCUT2D eigenvalue weighted by Crippen LogP contribution is 2.25. The van der Waals surface area contributed by atoms with Crippen LogP contribution in [0.15, 0.2) is 45.5 Å². The first-order chi connectivity index (χ1) is 10.6. The second kappa shape index (κ2) is 8.00. The molecular weight excluding hydrogens is 372 g/mol. The first kappa shape index (κ1) is 16.6. The van der Waals surface area contributed by atoms with E-state index in [0.717, 1.165) is 4.47 Å². The minimum Gasteiger partial charge on any atom is -0.459 e. The van der Waals surface area contributed by atoms with E-state index in [1.165, 1.54) is 6.26 Å². The summed E-state index contributed by atoms with van der Waals surface area (Å²) >= 11 is 9.32. The number of carbonyl (C=O) groups is 2. The molecule has 5 nitrogen and oxygen atoms in total. The molecule has 7 heteroatoms. The Balaban J connectivity index is 1.71. The Kier molecular flexibility index (Phi) is 6.03. The van der Waals surface area contributed by atoms with Crippen LogP contribution in [0.2, 0.25) is 5.02 Å². The highest BCUT2D eigenvalue weighted by molar-refractivity contribution is 9.10. The van der Waals surface area contributed by atoms with E-state index >= 15 is 0 Å². The Morgan fingerprint density at radius 3 is 2.77 bits per heavy atom. The van der Waals surface area contributed by atoms with Crippen molar-refractivity contribution in [2.45, 2.75) is 12.8 Å². The Bertz CT molecular complexity index is 659. The number of furan rings is 1. The molecule has 1 aromatic carbocycles. The van der Waals surface area contributed by atoms with Gasteiger partial charge in [-0.25, -0.2) is 0 Å². The van der Waals surface area contributed by atoms with E-state index < -0.39 is 0 Å². The molecule has 0 radical (unpaired) electrons. The van der Waals surface area contributed by atoms with Crippen LogP contribution in [0.4, 0.5) is 5.69 Å². The molecule has 0 aliphatic heterocycles. The molecule has 22 heavy (non-hydrogen) atoms. The fourth-order valence-electron chi connectivity index (χ4n) is 1.75. The number of halogens is 2. The summed E-state index contributed by atoms with van der Waals surface area (Å²) in [6.07, 6.45) is 2.24. The maximum atomic E-state index is 11.8. The normalized spacial score (nSPS) is 10.3. The fraction of sp³-hybridized carbons (Fsp3) is 0.200. The third-order valence-electron chi connectivity index (χ3n) is 2.82. The zero-order valence-electron chi connectivity index (χ0n) is 11.6. The number of rotatable bonds is 6. The van der Waals surface area contributed by atoms with E-state index in [2.05, 4.69) is 26.6 Å². The lowest BCUT2D eigenvalue weighted by Gasteiger charge is -2.08. The van der Waals surface area contributed by atoms with E-state index in [4.69, 9.17) is 16.0 Å². The summed E-state index contributed by atoms with van der Waals surface area (Å²) in [5.74, 6) is -0.191. The molecule has 0 aliphatic rings. The number of amides is 2. The van der Waals surface area contributed by atoms with Gasteiger partial charge in [0.1, 0.15) is 0 Å². The molecule has 2 amide bonds. The van der Waals surface area contributed by atoms with E-state index in [-0.39, 0.29) is 24.0 Å². The first-order valence-corrected chi connectivity index (χ1v) is 7.80. The number of hydrogen-bond donors (Lipinski definition) is 2. The van der Waals surface area contributed by atoms with E-state index in [1.807, 2.05) is 0 Å². The summed E-state index contributed by atoms with van der Waals surface area (Å²) in [5, 5.41) is 5.87. The Labute approximate surface area is 141 Å². The van der Waals surface area contributed by atoms with Crippen molar-refractivity contribution in [2.24, 2.45) is 0 Å². The van der Waals surface area contributed by atoms with E-state index in [0.29, 0.717) is 23.7 Å². The largest absolute Gasteiger partial charge is 0.459 e. The topological polar surface area (TPSA) is 71.3 Å². The van der Waals surface area contributed by atoms with Crippen molar-refractivity contribution in [3.05, 3.63) is 51.9 Å². The van der Waals surface area contributed by atoms with Crippen molar-refractivity contribution >= 4 is 45.0 Å². The van der Waals surface area contributed by atoms with Crippen molar-refractivity contribution in [3.63, 3.8) is 0 Å². The molecule has 0 saturated carbocycles. The molecule has 0 saturated heterocycles. The van der Waals surface area contributed by atoms with Gasteiger partial charge in [-0.05, 0) is 36.8 Å². The van der Waals surface area contributed by atoms with Gasteiger partial charge in [-0.15, -0.1) is 0 Å². The van der Waals surface area contributed by atoms with Gasteiger partial charge in [0.25, 0.3) is 5.91 Å². The minimum absolute atomic E-state index is 0.156. The van der Waals surface area contributed by atoms with Crippen molar-refractivity contribution < 1.29 is 14.0 Å². The maximum Gasteiger partial charge on any atom is 0.286 e. The molecule has 0 aliphatic carbocycles. The molecule has 0 spiro atoms. The number of benzene rings is 1. The summed E-state index contributed by atoms with van der Waals surface area (Å²) < 4.78 is 5.81. The van der Waals surface area contributed by atoms with Gasteiger partial charge in [0.2, 0.25) is 5.91 Å². The van der Waals surface area contributed by atoms with Gasteiger partial charge in [-0.2, -0.15) is 0 Å². The lowest BCUT2D eigenvalue weighted by molar-refractivity contribution is -0.116. The predicted molar refractivity (Wildman–Crippen MR) is 88.1 cm³/mol. The van der Waals surface area contributed by atoms with Gasteiger partial charge in [-0.3, -0.25) is 9.59 Å². The summed E-state index contributed by atoms with van der Waals surface area (Å²) in [6.45, 7) is 0.390. The SMILES string of the molecule is O=C(CCCNC(=O)c1ccco1)Nc1ccc(Br)cc1Cl. The van der Waals surface area contributed by atoms with E-state index in [1.54, 1.807) is 30.3 Å². The van der Waals surface area contributed by atoms with Crippen LogP contribution in [0.5, 0.6) is 0 Å². The second-order valence-electron chi connectivity index (χ2n) is 4.51. The summed E-state index contributed by atoms with van der Waals surface area (Å²) in [7, 11) is 0. The molecule has 1 aromatic heterocycles. The third-order valence-corrected chi connectivity index (χ3v) is 3.62. The average Bonchev–Trinajstić information content (AvgIpc) is 3.01. The third kappa shape index (κ3) is 4.89. The number of nitrogens with one attached hydrogen (secondary N) is 2. The molecule has 1 heterocycles. The zero-order valence-corrected chi connectivity index (χ0v) is 13.9. The van der Waals surface area contributed by atoms with Crippen LogP contribution >= 0.6 is 27.5 Å². The first-order valence-electron chi connectivity index (χ1n) is 6.63. The number of anilines is 1. The molecular formula is C15H14BrClN2O3. The van der Waals surface area contributed by atoms with Crippen LogP contribution in [0, 0.1) is 0 Å². The van der Waals surface area contributed by atoms with Gasteiger partial charge < -0.3 is 15.1 Å². The Hall–Kier alpha value is -1.79. The maximum absolute atomic E-state index is 11.8. The van der Waals surface area contributed by atoms with Crippen LogP contribution in [-0.4, -0.2) is 18.4 Å². The van der Waals surface area contributed by atoms with Crippen LogP contribution in [0.3, 0.4) is 0 Å². The quantitative estimate of drug-likeness (QED) is 0.742. The standard InChI is InChI=1S/C15H14BrClN2O3/c16-10-5-6-12(11(17)9-10)19-14(20)4-1-7-18-15(21)13-3-2-8-22-13/h2-3,5-6,8-9H,1,4,7H2,(H,18,21)(H,19,20). The zero-order chi connectivity index (χ0) is 15.9. The monoisotopic (exact) mass is 384 g/mol. The molecule has 0 atom stereocenters. The Morgan fingerprint density at radius 1 is 1.27 bits per heavy atom. The molecule has 2 aromatic rings. The van der Waals surface area contributed by atoms with Crippen molar-refractivity contribution in [1.29, 1.82) is 0 Å². The van der Waals surface area contributed by atoms with Gasteiger partial charge in [0.05, 0.1) is 17.0 Å². The predicted octanol–water partition coefficient (Wildman–Crippen LogP) is 3.84.